The molecule has 1 heterocycles. The van der Waals surface area contributed by atoms with Crippen molar-refractivity contribution in [1.29, 1.82) is 0 Å². The summed E-state index contributed by atoms with van der Waals surface area (Å²) in [6, 6.07) is 3.53. The molecular weight excluding hydrogens is 200 g/mol. The average Bonchev–Trinajstić information content (AvgIpc) is 2.08. The van der Waals surface area contributed by atoms with Crippen molar-refractivity contribution in [2.45, 2.75) is 6.10 Å². The summed E-state index contributed by atoms with van der Waals surface area (Å²) in [5, 5.41) is 3.11. The van der Waals surface area contributed by atoms with E-state index in [0.29, 0.717) is 11.5 Å². The molecule has 0 aliphatic carbocycles. The van der Waals surface area contributed by atoms with Gasteiger partial charge in [0.05, 0.1) is 6.10 Å². The van der Waals surface area contributed by atoms with E-state index in [2.05, 4.69) is 5.32 Å². The standard InChI is InChI=1S/C11H13F2NO/c1-15-11(8-5-14-6-8)7-2-9(12)4-10(13)3-7/h2-4,8,11,14H,5-6H2,1H3. The van der Waals surface area contributed by atoms with E-state index in [1.54, 1.807) is 7.11 Å². The van der Waals surface area contributed by atoms with Crippen LogP contribution in [0.1, 0.15) is 11.7 Å². The highest BCUT2D eigenvalue weighted by Crippen LogP contribution is 2.29. The molecule has 0 aromatic heterocycles. The number of methoxy groups -OCH3 is 1. The molecule has 1 N–H and O–H groups in total. The van der Waals surface area contributed by atoms with Gasteiger partial charge in [-0.05, 0) is 17.7 Å². The fourth-order valence-corrected chi connectivity index (χ4v) is 1.87. The quantitative estimate of drug-likeness (QED) is 0.827. The van der Waals surface area contributed by atoms with Gasteiger partial charge in [-0.1, -0.05) is 0 Å². The summed E-state index contributed by atoms with van der Waals surface area (Å²) in [6.45, 7) is 1.66. The minimum absolute atomic E-state index is 0.226. The first-order valence-corrected chi connectivity index (χ1v) is 4.90. The predicted molar refractivity (Wildman–Crippen MR) is 52.5 cm³/mol. The summed E-state index contributed by atoms with van der Waals surface area (Å²) >= 11 is 0. The average molecular weight is 213 g/mol. The number of benzene rings is 1. The fourth-order valence-electron chi connectivity index (χ4n) is 1.87. The molecule has 0 bridgehead atoms. The number of nitrogens with one attached hydrogen (secondary N) is 1. The highest BCUT2D eigenvalue weighted by Gasteiger charge is 2.28. The SMILES string of the molecule is COC(c1cc(F)cc(F)c1)C1CNC1. The molecule has 0 spiro atoms. The molecule has 1 aliphatic rings. The maximum Gasteiger partial charge on any atom is 0.126 e. The van der Waals surface area contributed by atoms with Crippen LogP contribution in [0.15, 0.2) is 18.2 Å². The minimum Gasteiger partial charge on any atom is -0.376 e. The van der Waals surface area contributed by atoms with Gasteiger partial charge in [0.25, 0.3) is 0 Å². The molecule has 1 saturated heterocycles. The Labute approximate surface area is 87.2 Å². The molecule has 82 valence electrons. The molecule has 0 saturated carbocycles. The Morgan fingerprint density at radius 1 is 1.27 bits per heavy atom. The van der Waals surface area contributed by atoms with Crippen LogP contribution in [0.5, 0.6) is 0 Å². The van der Waals surface area contributed by atoms with Gasteiger partial charge in [0.15, 0.2) is 0 Å². The molecule has 2 nitrogen and oxygen atoms in total. The first-order valence-electron chi connectivity index (χ1n) is 4.90. The third-order valence-electron chi connectivity index (χ3n) is 2.71. The Morgan fingerprint density at radius 3 is 2.27 bits per heavy atom. The van der Waals surface area contributed by atoms with Crippen molar-refractivity contribution < 1.29 is 13.5 Å². The lowest BCUT2D eigenvalue weighted by Gasteiger charge is -2.34. The van der Waals surface area contributed by atoms with Crippen LogP contribution in [0, 0.1) is 17.6 Å². The van der Waals surface area contributed by atoms with Crippen molar-refractivity contribution in [3.63, 3.8) is 0 Å². The zero-order valence-corrected chi connectivity index (χ0v) is 8.47. The van der Waals surface area contributed by atoms with Gasteiger partial charge in [0, 0.05) is 32.2 Å². The normalized spacial score (nSPS) is 18.6. The second-order valence-corrected chi connectivity index (χ2v) is 3.78. The smallest absolute Gasteiger partial charge is 0.126 e. The molecule has 0 amide bonds. The Kier molecular flexibility index (Phi) is 2.98. The zero-order valence-electron chi connectivity index (χ0n) is 8.47. The number of halogens is 2. The largest absolute Gasteiger partial charge is 0.376 e. The lowest BCUT2D eigenvalue weighted by Crippen LogP contribution is -2.45. The van der Waals surface area contributed by atoms with Gasteiger partial charge in [-0.3, -0.25) is 0 Å². The second kappa shape index (κ2) is 4.24. The highest BCUT2D eigenvalue weighted by atomic mass is 19.1. The number of rotatable bonds is 3. The third kappa shape index (κ3) is 2.16. The van der Waals surface area contributed by atoms with Crippen LogP contribution < -0.4 is 5.32 Å². The maximum absolute atomic E-state index is 13.0. The van der Waals surface area contributed by atoms with Gasteiger partial charge in [-0.25, -0.2) is 8.78 Å². The van der Waals surface area contributed by atoms with Crippen LogP contribution in [-0.2, 0) is 4.74 Å². The lowest BCUT2D eigenvalue weighted by atomic mass is 9.91. The molecule has 1 aromatic carbocycles. The number of hydrogen-bond acceptors (Lipinski definition) is 2. The monoisotopic (exact) mass is 213 g/mol. The number of ether oxygens (including phenoxy) is 1. The molecule has 1 unspecified atom stereocenters. The van der Waals surface area contributed by atoms with Crippen molar-refractivity contribution in [2.75, 3.05) is 20.2 Å². The molecule has 1 aromatic rings. The Hall–Kier alpha value is -1.00. The highest BCUT2D eigenvalue weighted by molar-refractivity contribution is 5.21. The van der Waals surface area contributed by atoms with Crippen LogP contribution in [0.4, 0.5) is 8.78 Å². The first kappa shape index (κ1) is 10.5. The number of hydrogen-bond donors (Lipinski definition) is 1. The molecule has 0 radical (unpaired) electrons. The van der Waals surface area contributed by atoms with Crippen molar-refractivity contribution >= 4 is 0 Å². The Bertz CT molecular complexity index is 332. The topological polar surface area (TPSA) is 21.3 Å². The van der Waals surface area contributed by atoms with E-state index in [-0.39, 0.29) is 6.10 Å². The van der Waals surface area contributed by atoms with E-state index in [9.17, 15) is 8.78 Å². The van der Waals surface area contributed by atoms with E-state index in [1.807, 2.05) is 0 Å². The maximum atomic E-state index is 13.0. The summed E-state index contributed by atoms with van der Waals surface area (Å²) in [5.41, 5.74) is 0.571. The molecular formula is C11H13F2NO. The van der Waals surface area contributed by atoms with Crippen LogP contribution in [-0.4, -0.2) is 20.2 Å². The van der Waals surface area contributed by atoms with Crippen molar-refractivity contribution in [3.05, 3.63) is 35.4 Å². The van der Waals surface area contributed by atoms with Crippen molar-refractivity contribution in [1.82, 2.24) is 5.32 Å². The summed E-state index contributed by atoms with van der Waals surface area (Å²) in [4.78, 5) is 0. The van der Waals surface area contributed by atoms with E-state index in [1.165, 1.54) is 12.1 Å². The van der Waals surface area contributed by atoms with Crippen LogP contribution in [0.3, 0.4) is 0 Å². The minimum atomic E-state index is -0.556. The molecule has 1 atom stereocenters. The first-order chi connectivity index (χ1) is 7.20. The van der Waals surface area contributed by atoms with E-state index in [4.69, 9.17) is 4.74 Å². The third-order valence-corrected chi connectivity index (χ3v) is 2.71. The molecule has 2 rings (SSSR count). The molecule has 4 heteroatoms. The predicted octanol–water partition coefficient (Wildman–Crippen LogP) is 1.87. The van der Waals surface area contributed by atoms with Gasteiger partial charge in [0.1, 0.15) is 11.6 Å². The van der Waals surface area contributed by atoms with Gasteiger partial charge in [-0.2, -0.15) is 0 Å². The van der Waals surface area contributed by atoms with Crippen molar-refractivity contribution in [2.24, 2.45) is 5.92 Å². The van der Waals surface area contributed by atoms with Gasteiger partial charge >= 0.3 is 0 Å². The van der Waals surface area contributed by atoms with E-state index >= 15 is 0 Å². The summed E-state index contributed by atoms with van der Waals surface area (Å²) in [5.74, 6) is -0.810. The summed E-state index contributed by atoms with van der Waals surface area (Å²) < 4.78 is 31.3. The van der Waals surface area contributed by atoms with Gasteiger partial charge < -0.3 is 10.1 Å². The van der Waals surface area contributed by atoms with Crippen molar-refractivity contribution in [3.8, 4) is 0 Å². The Morgan fingerprint density at radius 2 is 1.87 bits per heavy atom. The van der Waals surface area contributed by atoms with Gasteiger partial charge in [-0.15, -0.1) is 0 Å². The van der Waals surface area contributed by atoms with Gasteiger partial charge in [0.2, 0.25) is 0 Å². The molecule has 1 aliphatic heterocycles. The molecule has 1 fully saturated rings. The second-order valence-electron chi connectivity index (χ2n) is 3.78. The van der Waals surface area contributed by atoms with Crippen LogP contribution in [0.2, 0.25) is 0 Å². The fraction of sp³-hybridized carbons (Fsp3) is 0.455. The summed E-state index contributed by atoms with van der Waals surface area (Å²) in [7, 11) is 1.56. The summed E-state index contributed by atoms with van der Waals surface area (Å²) in [6.07, 6.45) is -0.226. The van der Waals surface area contributed by atoms with E-state index < -0.39 is 11.6 Å². The van der Waals surface area contributed by atoms with Crippen LogP contribution in [0.25, 0.3) is 0 Å². The lowest BCUT2D eigenvalue weighted by molar-refractivity contribution is 0.0288. The molecule has 15 heavy (non-hydrogen) atoms. The van der Waals surface area contributed by atoms with Crippen LogP contribution >= 0.6 is 0 Å². The zero-order chi connectivity index (χ0) is 10.8. The Balaban J connectivity index is 2.24. The van der Waals surface area contributed by atoms with E-state index in [0.717, 1.165) is 19.2 Å².